The standard InChI is InChI=1S/C23H32FN5O/c1-13-10-15-6-7-18(24)17(15)11-16(13)12-19-27-21(14(2)25)22(26)29(19)9-8-20(30)28-23(3,4)5/h10-11,18,25H,6-9,12,26H2,1-5H3,(H,28,30). The number of nitrogens with zero attached hydrogens (tertiary/aromatic N) is 2. The Balaban J connectivity index is 1.89. The number of carbonyl (C=O) groups excluding carboxylic acids is 1. The molecule has 0 radical (unpaired) electrons. The third kappa shape index (κ3) is 4.71. The Morgan fingerprint density at radius 2 is 2.10 bits per heavy atom. The minimum atomic E-state index is -0.912. The van der Waals surface area contributed by atoms with E-state index in [0.29, 0.717) is 36.7 Å². The molecule has 2 aromatic rings. The first-order valence-corrected chi connectivity index (χ1v) is 10.4. The highest BCUT2D eigenvalue weighted by Crippen LogP contribution is 2.36. The van der Waals surface area contributed by atoms with Gasteiger partial charge in [-0.1, -0.05) is 12.1 Å². The van der Waals surface area contributed by atoms with Crippen LogP contribution in [0.15, 0.2) is 12.1 Å². The van der Waals surface area contributed by atoms with E-state index in [2.05, 4.69) is 16.4 Å². The molecule has 6 nitrogen and oxygen atoms in total. The van der Waals surface area contributed by atoms with E-state index in [-0.39, 0.29) is 23.6 Å². The van der Waals surface area contributed by atoms with Crippen LogP contribution in [0.5, 0.6) is 0 Å². The van der Waals surface area contributed by atoms with Crippen molar-refractivity contribution in [2.24, 2.45) is 0 Å². The van der Waals surface area contributed by atoms with Crippen molar-refractivity contribution >= 4 is 17.4 Å². The minimum absolute atomic E-state index is 0.0661. The maximum atomic E-state index is 14.3. The summed E-state index contributed by atoms with van der Waals surface area (Å²) in [7, 11) is 0. The lowest BCUT2D eigenvalue weighted by Gasteiger charge is -2.21. The van der Waals surface area contributed by atoms with Gasteiger partial charge in [0.1, 0.15) is 23.5 Å². The molecular formula is C23H32FN5O. The summed E-state index contributed by atoms with van der Waals surface area (Å²) >= 11 is 0. The van der Waals surface area contributed by atoms with Crippen LogP contribution in [0.1, 0.15) is 80.5 Å². The number of rotatable bonds is 6. The van der Waals surface area contributed by atoms with Crippen molar-refractivity contribution in [3.63, 3.8) is 0 Å². The second-order valence-electron chi connectivity index (χ2n) is 9.25. The van der Waals surface area contributed by atoms with E-state index >= 15 is 0 Å². The zero-order valence-corrected chi connectivity index (χ0v) is 18.5. The molecule has 30 heavy (non-hydrogen) atoms. The second-order valence-corrected chi connectivity index (χ2v) is 9.25. The Hall–Kier alpha value is -2.70. The van der Waals surface area contributed by atoms with Crippen LogP contribution >= 0.6 is 0 Å². The van der Waals surface area contributed by atoms with E-state index in [1.54, 1.807) is 6.92 Å². The molecule has 162 valence electrons. The van der Waals surface area contributed by atoms with Crippen molar-refractivity contribution in [1.82, 2.24) is 14.9 Å². The SMILES string of the molecule is CC(=N)c1nc(Cc2cc3c(cc2C)CCC3F)n(CCC(=O)NC(C)(C)C)c1N. The molecule has 1 heterocycles. The molecule has 0 fully saturated rings. The van der Waals surface area contributed by atoms with Gasteiger partial charge in [0.25, 0.3) is 0 Å². The van der Waals surface area contributed by atoms with Crippen molar-refractivity contribution in [3.05, 3.63) is 45.9 Å². The number of benzene rings is 1. The number of nitrogens with one attached hydrogen (secondary N) is 2. The Morgan fingerprint density at radius 1 is 1.40 bits per heavy atom. The van der Waals surface area contributed by atoms with Crippen LogP contribution in [0.25, 0.3) is 0 Å². The lowest BCUT2D eigenvalue weighted by molar-refractivity contribution is -0.122. The van der Waals surface area contributed by atoms with E-state index in [0.717, 1.165) is 28.7 Å². The average Bonchev–Trinajstić information content (AvgIpc) is 3.12. The number of aromatic nitrogens is 2. The summed E-state index contributed by atoms with van der Waals surface area (Å²) < 4.78 is 16.1. The summed E-state index contributed by atoms with van der Waals surface area (Å²) in [5, 5.41) is 10.9. The van der Waals surface area contributed by atoms with Gasteiger partial charge in [-0.25, -0.2) is 9.37 Å². The van der Waals surface area contributed by atoms with E-state index in [4.69, 9.17) is 11.1 Å². The molecule has 1 aromatic carbocycles. The second kappa shape index (κ2) is 8.20. The summed E-state index contributed by atoms with van der Waals surface area (Å²) in [4.78, 5) is 16.9. The van der Waals surface area contributed by atoms with Gasteiger partial charge in [-0.05, 0) is 69.7 Å². The van der Waals surface area contributed by atoms with Crippen molar-refractivity contribution in [3.8, 4) is 0 Å². The van der Waals surface area contributed by atoms with Crippen molar-refractivity contribution < 1.29 is 9.18 Å². The molecule has 1 amide bonds. The van der Waals surface area contributed by atoms with Crippen molar-refractivity contribution in [2.75, 3.05) is 5.73 Å². The fourth-order valence-electron chi connectivity index (χ4n) is 4.01. The molecule has 0 saturated heterocycles. The summed E-state index contributed by atoms with van der Waals surface area (Å²) in [5.41, 5.74) is 10.6. The maximum absolute atomic E-state index is 14.3. The molecule has 1 aliphatic rings. The molecule has 0 bridgehead atoms. The predicted molar refractivity (Wildman–Crippen MR) is 118 cm³/mol. The molecule has 3 rings (SSSR count). The largest absolute Gasteiger partial charge is 0.383 e. The number of hydrogen-bond acceptors (Lipinski definition) is 4. The van der Waals surface area contributed by atoms with E-state index in [9.17, 15) is 9.18 Å². The summed E-state index contributed by atoms with van der Waals surface area (Å²) in [6.07, 6.45) is 1.14. The monoisotopic (exact) mass is 413 g/mol. The molecule has 0 saturated carbocycles. The highest BCUT2D eigenvalue weighted by molar-refractivity contribution is 5.98. The Kier molecular flexibility index (Phi) is 6.01. The van der Waals surface area contributed by atoms with Gasteiger partial charge in [0, 0.05) is 24.9 Å². The molecule has 4 N–H and O–H groups in total. The Labute approximate surface area is 177 Å². The lowest BCUT2D eigenvalue weighted by atomic mass is 9.98. The highest BCUT2D eigenvalue weighted by atomic mass is 19.1. The van der Waals surface area contributed by atoms with E-state index in [1.807, 2.05) is 38.3 Å². The van der Waals surface area contributed by atoms with Gasteiger partial charge in [0.05, 0.1) is 5.71 Å². The highest BCUT2D eigenvalue weighted by Gasteiger charge is 2.24. The number of nitrogen functional groups attached to an aromatic ring is 1. The number of hydrogen-bond donors (Lipinski definition) is 3. The van der Waals surface area contributed by atoms with Crippen LogP contribution in [-0.4, -0.2) is 26.7 Å². The first kappa shape index (κ1) is 22.0. The zero-order chi connectivity index (χ0) is 22.2. The Bertz CT molecular complexity index is 986. The van der Waals surface area contributed by atoms with Gasteiger partial charge in [-0.3, -0.25) is 4.79 Å². The fraction of sp³-hybridized carbons (Fsp3) is 0.522. The number of halogens is 1. The van der Waals surface area contributed by atoms with Crippen molar-refractivity contribution in [1.29, 1.82) is 5.41 Å². The first-order chi connectivity index (χ1) is 14.0. The molecule has 1 unspecified atom stereocenters. The minimum Gasteiger partial charge on any atom is -0.383 e. The molecule has 1 atom stereocenters. The van der Waals surface area contributed by atoms with Gasteiger partial charge in [0.2, 0.25) is 5.91 Å². The quantitative estimate of drug-likeness (QED) is 0.624. The van der Waals surface area contributed by atoms with Crippen LogP contribution in [0.3, 0.4) is 0 Å². The molecule has 0 aliphatic heterocycles. The zero-order valence-electron chi connectivity index (χ0n) is 18.5. The third-order valence-corrected chi connectivity index (χ3v) is 5.47. The number of nitrogens with two attached hydrogens (primary N) is 1. The van der Waals surface area contributed by atoms with Crippen LogP contribution in [0.4, 0.5) is 10.2 Å². The smallest absolute Gasteiger partial charge is 0.222 e. The number of aryl methyl sites for hydroxylation is 2. The number of carbonyl (C=O) groups is 1. The van der Waals surface area contributed by atoms with Gasteiger partial charge >= 0.3 is 0 Å². The topological polar surface area (TPSA) is 96.8 Å². The molecule has 0 spiro atoms. The maximum Gasteiger partial charge on any atom is 0.222 e. The molecule has 1 aromatic heterocycles. The normalized spacial score (nSPS) is 15.9. The van der Waals surface area contributed by atoms with Gasteiger partial charge < -0.3 is 21.0 Å². The van der Waals surface area contributed by atoms with Crippen LogP contribution in [-0.2, 0) is 24.2 Å². The number of amides is 1. The van der Waals surface area contributed by atoms with Gasteiger partial charge in [-0.15, -0.1) is 0 Å². The van der Waals surface area contributed by atoms with Gasteiger partial charge in [-0.2, -0.15) is 0 Å². The van der Waals surface area contributed by atoms with Gasteiger partial charge in [0.15, 0.2) is 0 Å². The third-order valence-electron chi connectivity index (χ3n) is 5.47. The number of imidazole rings is 1. The lowest BCUT2D eigenvalue weighted by Crippen LogP contribution is -2.40. The summed E-state index contributed by atoms with van der Waals surface area (Å²) in [6.45, 7) is 9.86. The number of anilines is 1. The fourth-order valence-corrected chi connectivity index (χ4v) is 4.01. The Morgan fingerprint density at radius 3 is 2.73 bits per heavy atom. The van der Waals surface area contributed by atoms with Crippen LogP contribution < -0.4 is 11.1 Å². The molecule has 7 heteroatoms. The molecular weight excluding hydrogens is 381 g/mol. The number of fused-ring (bicyclic) bond motifs is 1. The summed E-state index contributed by atoms with van der Waals surface area (Å²) in [5.74, 6) is 1.01. The van der Waals surface area contributed by atoms with E-state index in [1.165, 1.54) is 0 Å². The molecule has 1 aliphatic carbocycles. The van der Waals surface area contributed by atoms with E-state index < -0.39 is 6.17 Å². The first-order valence-electron chi connectivity index (χ1n) is 10.4. The van der Waals surface area contributed by atoms with Crippen LogP contribution in [0, 0.1) is 12.3 Å². The number of alkyl halides is 1. The average molecular weight is 414 g/mol. The predicted octanol–water partition coefficient (Wildman–Crippen LogP) is 4.01. The van der Waals surface area contributed by atoms with Crippen LogP contribution in [0.2, 0.25) is 0 Å². The summed E-state index contributed by atoms with van der Waals surface area (Å²) in [6, 6.07) is 4.02. The van der Waals surface area contributed by atoms with Crippen molar-refractivity contribution in [2.45, 2.75) is 78.6 Å².